The van der Waals surface area contributed by atoms with Crippen LogP contribution in [0.2, 0.25) is 0 Å². The van der Waals surface area contributed by atoms with Crippen LogP contribution in [0.25, 0.3) is 0 Å². The van der Waals surface area contributed by atoms with Gasteiger partial charge < -0.3 is 4.74 Å². The summed E-state index contributed by atoms with van der Waals surface area (Å²) >= 11 is 0. The number of hydrogen-bond donors (Lipinski definition) is 1. The second-order valence-electron chi connectivity index (χ2n) is 5.10. The van der Waals surface area contributed by atoms with Gasteiger partial charge in [0.15, 0.2) is 23.3 Å². The predicted molar refractivity (Wildman–Crippen MR) is 82.3 cm³/mol. The van der Waals surface area contributed by atoms with Gasteiger partial charge in [-0.05, 0) is 24.3 Å². The fourth-order valence-electron chi connectivity index (χ4n) is 1.91. The standard InChI is InChI=1S/C16H13F4NO4S/c17-12-5-4-11(8-14(12)19)26(23,24)21-7-6-15(22)25-9-10-2-1-3-13(18)16(10)20/h1-5,8,21H,6-7,9H2. The minimum atomic E-state index is -4.15. The maximum Gasteiger partial charge on any atom is 0.307 e. The molecule has 26 heavy (non-hydrogen) atoms. The van der Waals surface area contributed by atoms with Gasteiger partial charge in [0.05, 0.1) is 11.3 Å². The van der Waals surface area contributed by atoms with Crippen LogP contribution in [0.3, 0.4) is 0 Å². The molecule has 140 valence electrons. The molecule has 0 aromatic heterocycles. The molecule has 0 aliphatic carbocycles. The van der Waals surface area contributed by atoms with Crippen molar-refractivity contribution >= 4 is 16.0 Å². The van der Waals surface area contributed by atoms with Gasteiger partial charge in [0.1, 0.15) is 6.61 Å². The second-order valence-corrected chi connectivity index (χ2v) is 6.86. The van der Waals surface area contributed by atoms with Crippen molar-refractivity contribution in [3.8, 4) is 0 Å². The molecule has 2 aromatic rings. The molecule has 0 fully saturated rings. The van der Waals surface area contributed by atoms with E-state index in [9.17, 15) is 30.8 Å². The maximum absolute atomic E-state index is 13.4. The summed E-state index contributed by atoms with van der Waals surface area (Å²) in [5.41, 5.74) is -0.166. The van der Waals surface area contributed by atoms with Crippen LogP contribution in [0.4, 0.5) is 17.6 Å². The third-order valence-electron chi connectivity index (χ3n) is 3.24. The lowest BCUT2D eigenvalue weighted by atomic mass is 10.2. The van der Waals surface area contributed by atoms with Crippen molar-refractivity contribution in [2.45, 2.75) is 17.9 Å². The number of rotatable bonds is 7. The number of ether oxygens (including phenoxy) is 1. The Labute approximate surface area is 146 Å². The van der Waals surface area contributed by atoms with E-state index in [0.717, 1.165) is 12.1 Å². The lowest BCUT2D eigenvalue weighted by molar-refractivity contribution is -0.144. The van der Waals surface area contributed by atoms with Crippen LogP contribution in [0.15, 0.2) is 41.3 Å². The van der Waals surface area contributed by atoms with Gasteiger partial charge in [0.2, 0.25) is 10.0 Å². The summed E-state index contributed by atoms with van der Waals surface area (Å²) in [6.45, 7) is -0.899. The Hall–Kier alpha value is -2.46. The van der Waals surface area contributed by atoms with Crippen LogP contribution in [0.5, 0.6) is 0 Å². The van der Waals surface area contributed by atoms with Gasteiger partial charge in [0.25, 0.3) is 0 Å². The summed E-state index contributed by atoms with van der Waals surface area (Å²) in [5.74, 6) is -5.61. The maximum atomic E-state index is 13.4. The molecule has 1 N–H and O–H groups in total. The van der Waals surface area contributed by atoms with E-state index in [1.165, 1.54) is 12.1 Å². The fraction of sp³-hybridized carbons (Fsp3) is 0.188. The molecule has 2 aromatic carbocycles. The third-order valence-corrected chi connectivity index (χ3v) is 4.70. The summed E-state index contributed by atoms with van der Waals surface area (Å²) in [7, 11) is -4.15. The summed E-state index contributed by atoms with van der Waals surface area (Å²) < 4.78 is 82.8. The average Bonchev–Trinajstić information content (AvgIpc) is 2.58. The van der Waals surface area contributed by atoms with Crippen molar-refractivity contribution in [3.63, 3.8) is 0 Å². The number of carbonyl (C=O) groups is 1. The Bertz CT molecular complexity index is 918. The Balaban J connectivity index is 1.85. The largest absolute Gasteiger partial charge is 0.461 e. The SMILES string of the molecule is O=C(CCNS(=O)(=O)c1ccc(F)c(F)c1)OCc1cccc(F)c1F. The van der Waals surface area contributed by atoms with Crippen LogP contribution in [-0.4, -0.2) is 20.9 Å². The molecule has 0 radical (unpaired) electrons. The van der Waals surface area contributed by atoms with E-state index in [1.54, 1.807) is 0 Å². The van der Waals surface area contributed by atoms with Gasteiger partial charge in [0, 0.05) is 12.1 Å². The van der Waals surface area contributed by atoms with Crippen molar-refractivity contribution in [3.05, 3.63) is 65.2 Å². The van der Waals surface area contributed by atoms with Gasteiger partial charge in [-0.15, -0.1) is 0 Å². The normalized spacial score (nSPS) is 11.4. The van der Waals surface area contributed by atoms with Crippen molar-refractivity contribution in [1.82, 2.24) is 4.72 Å². The molecule has 0 bridgehead atoms. The second kappa shape index (κ2) is 8.28. The highest BCUT2D eigenvalue weighted by Gasteiger charge is 2.17. The third kappa shape index (κ3) is 5.02. The molecule has 0 atom stereocenters. The Morgan fingerprint density at radius 2 is 1.73 bits per heavy atom. The average molecular weight is 391 g/mol. The van der Waals surface area contributed by atoms with Crippen LogP contribution in [-0.2, 0) is 26.2 Å². The number of hydrogen-bond acceptors (Lipinski definition) is 4. The minimum Gasteiger partial charge on any atom is -0.461 e. The van der Waals surface area contributed by atoms with Crippen molar-refractivity contribution < 1.29 is 35.5 Å². The summed E-state index contributed by atoms with van der Waals surface area (Å²) in [5, 5.41) is 0. The molecule has 2 rings (SSSR count). The molecule has 0 saturated heterocycles. The highest BCUT2D eigenvalue weighted by molar-refractivity contribution is 7.89. The van der Waals surface area contributed by atoms with Crippen LogP contribution in [0, 0.1) is 23.3 Å². The summed E-state index contributed by atoms with van der Waals surface area (Å²) in [6.07, 6.45) is -0.403. The minimum absolute atomic E-state index is 0.166. The van der Waals surface area contributed by atoms with Gasteiger partial charge in [-0.2, -0.15) is 0 Å². The Morgan fingerprint density at radius 3 is 2.42 bits per heavy atom. The quantitative estimate of drug-likeness (QED) is 0.582. The lowest BCUT2D eigenvalue weighted by Crippen LogP contribution is -2.27. The zero-order valence-electron chi connectivity index (χ0n) is 13.1. The van der Waals surface area contributed by atoms with Crippen molar-refractivity contribution in [1.29, 1.82) is 0 Å². The zero-order chi connectivity index (χ0) is 19.3. The molecule has 0 unspecified atom stereocenters. The number of sulfonamides is 1. The van der Waals surface area contributed by atoms with Crippen molar-refractivity contribution in [2.24, 2.45) is 0 Å². The van der Waals surface area contributed by atoms with E-state index in [-0.39, 0.29) is 12.1 Å². The zero-order valence-corrected chi connectivity index (χ0v) is 14.0. The first-order chi connectivity index (χ1) is 12.2. The van der Waals surface area contributed by atoms with Crippen molar-refractivity contribution in [2.75, 3.05) is 6.54 Å². The number of nitrogens with one attached hydrogen (secondary N) is 1. The molecule has 0 aliphatic heterocycles. The van der Waals surface area contributed by atoms with Gasteiger partial charge in [-0.3, -0.25) is 4.79 Å². The molecule has 0 aliphatic rings. The molecular weight excluding hydrogens is 378 g/mol. The van der Waals surface area contributed by atoms with Gasteiger partial charge in [-0.25, -0.2) is 30.7 Å². The van der Waals surface area contributed by atoms with E-state index >= 15 is 0 Å². The van der Waals surface area contributed by atoms with E-state index in [1.807, 2.05) is 4.72 Å². The molecule has 0 heterocycles. The predicted octanol–water partition coefficient (Wildman–Crippen LogP) is 2.65. The first kappa shape index (κ1) is 19.9. The van der Waals surface area contributed by atoms with E-state index in [4.69, 9.17) is 4.74 Å². The number of carbonyl (C=O) groups excluding carboxylic acids is 1. The molecule has 0 amide bonds. The Kier molecular flexibility index (Phi) is 6.32. The first-order valence-electron chi connectivity index (χ1n) is 7.24. The fourth-order valence-corrected chi connectivity index (χ4v) is 2.95. The Morgan fingerprint density at radius 1 is 1.00 bits per heavy atom. The number of halogens is 4. The van der Waals surface area contributed by atoms with Crippen LogP contribution >= 0.6 is 0 Å². The number of esters is 1. The van der Waals surface area contributed by atoms with Crippen LogP contribution < -0.4 is 4.72 Å². The summed E-state index contributed by atoms with van der Waals surface area (Å²) in [6, 6.07) is 5.42. The van der Waals surface area contributed by atoms with E-state index in [2.05, 4.69) is 0 Å². The highest BCUT2D eigenvalue weighted by Crippen LogP contribution is 2.14. The lowest BCUT2D eigenvalue weighted by Gasteiger charge is -2.08. The smallest absolute Gasteiger partial charge is 0.307 e. The monoisotopic (exact) mass is 391 g/mol. The number of benzene rings is 2. The van der Waals surface area contributed by atoms with E-state index < -0.39 is 57.2 Å². The molecule has 0 spiro atoms. The molecule has 5 nitrogen and oxygen atoms in total. The van der Waals surface area contributed by atoms with Gasteiger partial charge >= 0.3 is 5.97 Å². The molecule has 0 saturated carbocycles. The topological polar surface area (TPSA) is 72.5 Å². The highest BCUT2D eigenvalue weighted by atomic mass is 32.2. The first-order valence-corrected chi connectivity index (χ1v) is 8.72. The van der Waals surface area contributed by atoms with Gasteiger partial charge in [-0.1, -0.05) is 12.1 Å². The van der Waals surface area contributed by atoms with E-state index in [0.29, 0.717) is 12.1 Å². The molecular formula is C16H13F4NO4S. The summed E-state index contributed by atoms with van der Waals surface area (Å²) in [4.78, 5) is 11.0. The molecule has 10 heteroatoms. The van der Waals surface area contributed by atoms with Crippen LogP contribution in [0.1, 0.15) is 12.0 Å².